The minimum atomic E-state index is -4.61. The van der Waals surface area contributed by atoms with E-state index in [4.69, 9.17) is 0 Å². The van der Waals surface area contributed by atoms with Crippen LogP contribution in [0.1, 0.15) is 24.0 Å². The van der Waals surface area contributed by atoms with Crippen molar-refractivity contribution in [2.45, 2.75) is 32.1 Å². The van der Waals surface area contributed by atoms with Crippen LogP contribution in [0.25, 0.3) is 0 Å². The summed E-state index contributed by atoms with van der Waals surface area (Å²) in [6, 6.07) is 2.63. The normalized spacial score (nSPS) is 12.3. The van der Waals surface area contributed by atoms with Gasteiger partial charge in [-0.1, -0.05) is 6.07 Å². The Morgan fingerprint density at radius 1 is 1.15 bits per heavy atom. The topological polar surface area (TPSA) is 67.1 Å². The fourth-order valence-corrected chi connectivity index (χ4v) is 2.33. The minimum Gasteiger partial charge on any atom is -0.356 e. The summed E-state index contributed by atoms with van der Waals surface area (Å²) >= 11 is 0. The van der Waals surface area contributed by atoms with E-state index in [9.17, 15) is 17.6 Å². The summed E-state index contributed by atoms with van der Waals surface area (Å²) in [6.07, 6.45) is 0.378. The van der Waals surface area contributed by atoms with E-state index in [-0.39, 0.29) is 12.1 Å². The number of hydrogen-bond acceptors (Lipinski definition) is 3. The average molecular weight is 372 g/mol. The first-order chi connectivity index (χ1) is 12.4. The number of aromatic nitrogens is 3. The zero-order valence-electron chi connectivity index (χ0n) is 14.2. The molecule has 0 fully saturated rings. The van der Waals surface area contributed by atoms with Crippen molar-refractivity contribution in [2.24, 2.45) is 4.99 Å². The first-order valence-corrected chi connectivity index (χ1v) is 8.02. The molecule has 2 N–H and O–H groups in total. The predicted molar refractivity (Wildman–Crippen MR) is 88.9 cm³/mol. The molecule has 0 atom stereocenters. The minimum absolute atomic E-state index is 0.0468. The number of unbranched alkanes of at least 4 members (excludes halogenated alkanes) is 1. The highest BCUT2D eigenvalue weighted by molar-refractivity contribution is 5.79. The molecular formula is C16H20F4N6. The lowest BCUT2D eigenvalue weighted by Crippen LogP contribution is -2.37. The number of rotatable bonds is 7. The van der Waals surface area contributed by atoms with Crippen molar-refractivity contribution in [3.63, 3.8) is 0 Å². The van der Waals surface area contributed by atoms with Crippen LogP contribution in [0, 0.1) is 5.82 Å². The monoisotopic (exact) mass is 372 g/mol. The molecule has 1 aromatic heterocycles. The van der Waals surface area contributed by atoms with E-state index < -0.39 is 17.6 Å². The number of alkyl halides is 3. The number of nitrogens with one attached hydrogen (secondary N) is 2. The highest BCUT2D eigenvalue weighted by Crippen LogP contribution is 2.32. The fraction of sp³-hybridized carbons (Fsp3) is 0.438. The number of benzene rings is 1. The first-order valence-electron chi connectivity index (χ1n) is 8.02. The maximum atomic E-state index is 13.1. The molecule has 0 spiro atoms. The molecule has 10 heteroatoms. The van der Waals surface area contributed by atoms with E-state index in [1.54, 1.807) is 12.7 Å². The molecule has 142 valence electrons. The second-order valence-corrected chi connectivity index (χ2v) is 5.56. The molecule has 2 rings (SSSR count). The molecule has 0 amide bonds. The molecule has 0 radical (unpaired) electrons. The van der Waals surface area contributed by atoms with Crippen molar-refractivity contribution in [3.05, 3.63) is 47.8 Å². The van der Waals surface area contributed by atoms with Gasteiger partial charge in [0.2, 0.25) is 0 Å². The van der Waals surface area contributed by atoms with Crippen LogP contribution in [0.2, 0.25) is 0 Å². The maximum absolute atomic E-state index is 13.1. The lowest BCUT2D eigenvalue weighted by molar-refractivity contribution is -0.138. The molecular weight excluding hydrogens is 352 g/mol. The molecule has 6 nitrogen and oxygen atoms in total. The number of guanidine groups is 1. The third-order valence-corrected chi connectivity index (χ3v) is 3.65. The van der Waals surface area contributed by atoms with Crippen LogP contribution in [0.3, 0.4) is 0 Å². The van der Waals surface area contributed by atoms with Crippen molar-refractivity contribution in [1.29, 1.82) is 0 Å². The van der Waals surface area contributed by atoms with Gasteiger partial charge in [0.1, 0.15) is 18.5 Å². The van der Waals surface area contributed by atoms with Gasteiger partial charge in [-0.15, -0.1) is 10.2 Å². The van der Waals surface area contributed by atoms with E-state index in [2.05, 4.69) is 25.8 Å². The Kier molecular flexibility index (Phi) is 6.93. The molecule has 26 heavy (non-hydrogen) atoms. The second kappa shape index (κ2) is 9.16. The van der Waals surface area contributed by atoms with Gasteiger partial charge in [0.25, 0.3) is 0 Å². The highest BCUT2D eigenvalue weighted by atomic mass is 19.4. The summed E-state index contributed by atoms with van der Waals surface area (Å²) in [5.74, 6) is -0.538. The van der Waals surface area contributed by atoms with Gasteiger partial charge in [0.05, 0.1) is 5.56 Å². The van der Waals surface area contributed by atoms with Crippen LogP contribution in [0.5, 0.6) is 0 Å². The van der Waals surface area contributed by atoms with Crippen LogP contribution in [0.4, 0.5) is 17.6 Å². The smallest absolute Gasteiger partial charge is 0.356 e. The molecule has 0 saturated carbocycles. The van der Waals surface area contributed by atoms with E-state index >= 15 is 0 Å². The van der Waals surface area contributed by atoms with Gasteiger partial charge in [-0.25, -0.2) is 4.39 Å². The van der Waals surface area contributed by atoms with E-state index in [1.807, 2.05) is 4.57 Å². The molecule has 1 heterocycles. The van der Waals surface area contributed by atoms with Gasteiger partial charge < -0.3 is 15.2 Å². The molecule has 0 saturated heterocycles. The number of hydrogen-bond donors (Lipinski definition) is 2. The van der Waals surface area contributed by atoms with Crippen LogP contribution in [-0.2, 0) is 19.3 Å². The average Bonchev–Trinajstić information content (AvgIpc) is 3.10. The Balaban J connectivity index is 1.80. The summed E-state index contributed by atoms with van der Waals surface area (Å²) in [4.78, 5) is 3.97. The Morgan fingerprint density at radius 2 is 1.88 bits per heavy atom. The molecule has 2 aromatic rings. The molecule has 0 aliphatic heterocycles. The lowest BCUT2D eigenvalue weighted by Gasteiger charge is -2.16. The third kappa shape index (κ3) is 6.01. The van der Waals surface area contributed by atoms with Crippen LogP contribution in [0.15, 0.2) is 35.8 Å². The van der Waals surface area contributed by atoms with E-state index in [1.165, 1.54) is 7.05 Å². The molecule has 1 aromatic carbocycles. The summed E-state index contributed by atoms with van der Waals surface area (Å²) in [5, 5.41) is 13.3. The lowest BCUT2D eigenvalue weighted by atomic mass is 10.1. The fourth-order valence-electron chi connectivity index (χ4n) is 2.33. The summed E-state index contributed by atoms with van der Waals surface area (Å²) < 4.78 is 53.9. The van der Waals surface area contributed by atoms with E-state index in [0.29, 0.717) is 18.6 Å². The van der Waals surface area contributed by atoms with Crippen molar-refractivity contribution in [2.75, 3.05) is 13.6 Å². The molecule has 0 aliphatic rings. The number of aliphatic imine (C=N–C) groups is 1. The van der Waals surface area contributed by atoms with Gasteiger partial charge >= 0.3 is 6.18 Å². The number of aryl methyl sites for hydroxylation is 1. The SMILES string of the molecule is CN=C(NCCCCn1cnnc1)NCc1ccc(F)cc1C(F)(F)F. The van der Waals surface area contributed by atoms with Crippen molar-refractivity contribution in [3.8, 4) is 0 Å². The van der Waals surface area contributed by atoms with Gasteiger partial charge in [-0.3, -0.25) is 4.99 Å². The summed E-state index contributed by atoms with van der Waals surface area (Å²) in [5.41, 5.74) is -1.04. The third-order valence-electron chi connectivity index (χ3n) is 3.65. The Bertz CT molecular complexity index is 712. The Hall–Kier alpha value is -2.65. The molecule has 0 unspecified atom stereocenters. The summed E-state index contributed by atoms with van der Waals surface area (Å²) in [7, 11) is 1.53. The van der Waals surface area contributed by atoms with Gasteiger partial charge in [-0.2, -0.15) is 13.2 Å². The predicted octanol–water partition coefficient (Wildman–Crippen LogP) is 2.58. The highest BCUT2D eigenvalue weighted by Gasteiger charge is 2.33. The summed E-state index contributed by atoms with van der Waals surface area (Å²) in [6.45, 7) is 1.28. The van der Waals surface area contributed by atoms with Gasteiger partial charge in [-0.05, 0) is 30.5 Å². The number of halogens is 4. The van der Waals surface area contributed by atoms with Crippen molar-refractivity contribution >= 4 is 5.96 Å². The van der Waals surface area contributed by atoms with Crippen LogP contribution < -0.4 is 10.6 Å². The standard InChI is InChI=1S/C16H20F4N6/c1-21-15(22-6-2-3-7-26-10-24-25-11-26)23-9-12-4-5-13(17)8-14(12)16(18,19)20/h4-5,8,10-11H,2-3,6-7,9H2,1H3,(H2,21,22,23). The zero-order valence-corrected chi connectivity index (χ0v) is 14.2. The Labute approximate surface area is 148 Å². The second-order valence-electron chi connectivity index (χ2n) is 5.56. The quantitative estimate of drug-likeness (QED) is 0.339. The van der Waals surface area contributed by atoms with Gasteiger partial charge in [0.15, 0.2) is 5.96 Å². The van der Waals surface area contributed by atoms with Crippen LogP contribution in [-0.4, -0.2) is 34.3 Å². The maximum Gasteiger partial charge on any atom is 0.416 e. The number of nitrogens with zero attached hydrogens (tertiary/aromatic N) is 4. The largest absolute Gasteiger partial charge is 0.416 e. The first kappa shape index (κ1) is 19.7. The van der Waals surface area contributed by atoms with Crippen molar-refractivity contribution < 1.29 is 17.6 Å². The van der Waals surface area contributed by atoms with Gasteiger partial charge in [0, 0.05) is 26.7 Å². The van der Waals surface area contributed by atoms with E-state index in [0.717, 1.165) is 31.5 Å². The van der Waals surface area contributed by atoms with Crippen molar-refractivity contribution in [1.82, 2.24) is 25.4 Å². The Morgan fingerprint density at radius 3 is 2.54 bits per heavy atom. The van der Waals surface area contributed by atoms with Crippen LogP contribution >= 0.6 is 0 Å². The zero-order chi connectivity index (χ0) is 19.0. The molecule has 0 aliphatic carbocycles. The molecule has 0 bridgehead atoms.